The molecule has 5 nitrogen and oxygen atoms in total. The standard InChI is InChI=1S/C22H40O5S/c1-3-5-12-22(4-2)14-28(26,27)19-11-10-17(24)13-18(19)20(21(22)25)15-6-8-16(23)9-7-15/h15-21,23-25H,3-14H2,1-2H3/t15?,16?,17?,18?,19?,20?,21?,22-/m1/s1. The molecule has 0 spiro atoms. The number of unbranched alkanes of at least 4 members (excludes halogenated alkanes) is 1. The van der Waals surface area contributed by atoms with Gasteiger partial charge in [0.05, 0.1) is 29.3 Å². The summed E-state index contributed by atoms with van der Waals surface area (Å²) in [7, 11) is -3.33. The lowest BCUT2D eigenvalue weighted by atomic mass is 9.60. The van der Waals surface area contributed by atoms with Crippen LogP contribution in [0.4, 0.5) is 0 Å². The average molecular weight is 417 g/mol. The van der Waals surface area contributed by atoms with Gasteiger partial charge in [0.1, 0.15) is 0 Å². The van der Waals surface area contributed by atoms with Crippen LogP contribution in [0.1, 0.15) is 84.5 Å². The Balaban J connectivity index is 2.03. The fourth-order valence-electron chi connectivity index (χ4n) is 6.57. The molecule has 6 atom stereocenters. The fraction of sp³-hybridized carbons (Fsp3) is 1.00. The molecule has 1 aliphatic heterocycles. The predicted octanol–water partition coefficient (Wildman–Crippen LogP) is 3.06. The van der Waals surface area contributed by atoms with Crippen LogP contribution in [0.15, 0.2) is 0 Å². The molecule has 1 heterocycles. The van der Waals surface area contributed by atoms with Crippen molar-refractivity contribution in [1.29, 1.82) is 0 Å². The van der Waals surface area contributed by atoms with Gasteiger partial charge in [-0.1, -0.05) is 26.7 Å². The lowest BCUT2D eigenvalue weighted by Gasteiger charge is -2.46. The largest absolute Gasteiger partial charge is 0.393 e. The number of aliphatic hydroxyl groups excluding tert-OH is 3. The van der Waals surface area contributed by atoms with Crippen LogP contribution >= 0.6 is 0 Å². The number of hydrogen-bond donors (Lipinski definition) is 3. The van der Waals surface area contributed by atoms with Crippen LogP contribution in [-0.4, -0.2) is 53.1 Å². The van der Waals surface area contributed by atoms with E-state index in [1.165, 1.54) is 0 Å². The third-order valence-electron chi connectivity index (χ3n) is 8.26. The second kappa shape index (κ2) is 8.91. The highest BCUT2D eigenvalue weighted by molar-refractivity contribution is 7.92. The van der Waals surface area contributed by atoms with Crippen molar-refractivity contribution >= 4 is 9.84 Å². The summed E-state index contributed by atoms with van der Waals surface area (Å²) >= 11 is 0. The maximum absolute atomic E-state index is 13.5. The van der Waals surface area contributed by atoms with Crippen molar-refractivity contribution in [2.75, 3.05) is 5.75 Å². The molecule has 0 aromatic rings. The molecule has 0 radical (unpaired) electrons. The monoisotopic (exact) mass is 416 g/mol. The van der Waals surface area contributed by atoms with E-state index in [1.54, 1.807) is 0 Å². The molecule has 164 valence electrons. The van der Waals surface area contributed by atoms with Gasteiger partial charge in [0.15, 0.2) is 9.84 Å². The van der Waals surface area contributed by atoms with Gasteiger partial charge in [-0.15, -0.1) is 0 Å². The van der Waals surface area contributed by atoms with Gasteiger partial charge >= 0.3 is 0 Å². The second-order valence-electron chi connectivity index (χ2n) is 9.89. The fourth-order valence-corrected chi connectivity index (χ4v) is 9.43. The number of fused-ring (bicyclic) bond motifs is 1. The highest BCUT2D eigenvalue weighted by atomic mass is 32.2. The topological polar surface area (TPSA) is 94.8 Å². The highest BCUT2D eigenvalue weighted by Crippen LogP contribution is 2.52. The van der Waals surface area contributed by atoms with Gasteiger partial charge in [0.2, 0.25) is 0 Å². The first-order valence-corrected chi connectivity index (χ1v) is 13.2. The minimum absolute atomic E-state index is 0.0841. The Kier molecular flexibility index (Phi) is 7.16. The Labute approximate surface area is 170 Å². The van der Waals surface area contributed by atoms with Crippen LogP contribution in [0, 0.1) is 23.2 Å². The van der Waals surface area contributed by atoms with E-state index in [4.69, 9.17) is 0 Å². The van der Waals surface area contributed by atoms with Crippen LogP contribution in [0.3, 0.4) is 0 Å². The molecule has 3 aliphatic rings. The zero-order chi connectivity index (χ0) is 20.5. The third-order valence-corrected chi connectivity index (χ3v) is 10.7. The van der Waals surface area contributed by atoms with E-state index in [-0.39, 0.29) is 29.6 Å². The summed E-state index contributed by atoms with van der Waals surface area (Å²) in [6.45, 7) is 4.14. The number of sulfone groups is 1. The van der Waals surface area contributed by atoms with Crippen molar-refractivity contribution in [1.82, 2.24) is 0 Å². The Hall–Kier alpha value is -0.170. The van der Waals surface area contributed by atoms with Gasteiger partial charge in [-0.05, 0) is 75.5 Å². The molecule has 0 aromatic heterocycles. The van der Waals surface area contributed by atoms with E-state index in [2.05, 4.69) is 6.92 Å². The molecule has 2 saturated carbocycles. The Bertz CT molecular complexity index is 612. The summed E-state index contributed by atoms with van der Waals surface area (Å²) in [6.07, 6.45) is 6.62. The summed E-state index contributed by atoms with van der Waals surface area (Å²) < 4.78 is 26.9. The molecule has 3 rings (SSSR count). The summed E-state index contributed by atoms with van der Waals surface area (Å²) in [6, 6.07) is 0. The van der Waals surface area contributed by atoms with E-state index >= 15 is 0 Å². The lowest BCUT2D eigenvalue weighted by molar-refractivity contribution is -0.0773. The van der Waals surface area contributed by atoms with E-state index in [9.17, 15) is 23.7 Å². The Morgan fingerprint density at radius 1 is 0.929 bits per heavy atom. The van der Waals surface area contributed by atoms with Gasteiger partial charge in [-0.25, -0.2) is 8.42 Å². The molecule has 0 amide bonds. The van der Waals surface area contributed by atoms with Gasteiger partial charge in [-0.3, -0.25) is 0 Å². The van der Waals surface area contributed by atoms with Crippen LogP contribution in [0.5, 0.6) is 0 Å². The van der Waals surface area contributed by atoms with Gasteiger partial charge in [0, 0.05) is 5.41 Å². The van der Waals surface area contributed by atoms with Crippen LogP contribution in [-0.2, 0) is 9.84 Å². The van der Waals surface area contributed by atoms with Gasteiger partial charge in [0.25, 0.3) is 0 Å². The van der Waals surface area contributed by atoms with Crippen molar-refractivity contribution in [3.8, 4) is 0 Å². The molecule has 6 heteroatoms. The molecule has 0 bridgehead atoms. The Morgan fingerprint density at radius 2 is 1.57 bits per heavy atom. The van der Waals surface area contributed by atoms with E-state index in [0.29, 0.717) is 25.7 Å². The van der Waals surface area contributed by atoms with E-state index in [1.807, 2.05) is 6.92 Å². The van der Waals surface area contributed by atoms with Crippen LogP contribution in [0.25, 0.3) is 0 Å². The lowest BCUT2D eigenvalue weighted by Crippen LogP contribution is -2.48. The first-order valence-electron chi connectivity index (χ1n) is 11.5. The predicted molar refractivity (Wildman–Crippen MR) is 111 cm³/mol. The van der Waals surface area contributed by atoms with Gasteiger partial charge < -0.3 is 15.3 Å². The van der Waals surface area contributed by atoms with Crippen molar-refractivity contribution in [3.05, 3.63) is 0 Å². The van der Waals surface area contributed by atoms with Crippen molar-refractivity contribution in [3.63, 3.8) is 0 Å². The molecule has 5 unspecified atom stereocenters. The SMILES string of the molecule is CCCC[C@]1(CC)CS(=O)(=O)C2CCC(O)CC2C(C2CCC(O)CC2)C1O. The highest BCUT2D eigenvalue weighted by Gasteiger charge is 2.56. The molecular weight excluding hydrogens is 376 g/mol. The summed E-state index contributed by atoms with van der Waals surface area (Å²) in [5.41, 5.74) is -0.585. The molecule has 1 saturated heterocycles. The molecule has 2 aliphatic carbocycles. The van der Waals surface area contributed by atoms with E-state index < -0.39 is 32.7 Å². The summed E-state index contributed by atoms with van der Waals surface area (Å²) in [5.74, 6) is 0.0541. The molecule has 0 aromatic carbocycles. The molecule has 3 fully saturated rings. The average Bonchev–Trinajstić information content (AvgIpc) is 2.72. The van der Waals surface area contributed by atoms with Crippen molar-refractivity contribution < 1.29 is 23.7 Å². The first kappa shape index (κ1) is 22.5. The number of aliphatic hydroxyl groups is 3. The molecule has 28 heavy (non-hydrogen) atoms. The zero-order valence-corrected chi connectivity index (χ0v) is 18.4. The normalized spacial score (nSPS) is 46.5. The van der Waals surface area contributed by atoms with Gasteiger partial charge in [-0.2, -0.15) is 0 Å². The van der Waals surface area contributed by atoms with Crippen LogP contribution in [0.2, 0.25) is 0 Å². The molecule has 3 N–H and O–H groups in total. The zero-order valence-electron chi connectivity index (χ0n) is 17.6. The first-order chi connectivity index (χ1) is 13.2. The summed E-state index contributed by atoms with van der Waals surface area (Å²) in [4.78, 5) is 0. The maximum atomic E-state index is 13.5. The quantitative estimate of drug-likeness (QED) is 0.640. The smallest absolute Gasteiger partial charge is 0.154 e. The number of rotatable bonds is 5. The third kappa shape index (κ3) is 4.30. The van der Waals surface area contributed by atoms with E-state index in [0.717, 1.165) is 44.9 Å². The van der Waals surface area contributed by atoms with Crippen LogP contribution < -0.4 is 0 Å². The minimum atomic E-state index is -3.33. The van der Waals surface area contributed by atoms with Crippen molar-refractivity contribution in [2.24, 2.45) is 23.2 Å². The maximum Gasteiger partial charge on any atom is 0.154 e. The second-order valence-corrected chi connectivity index (χ2v) is 12.1. The molecular formula is C22H40O5S. The summed E-state index contributed by atoms with van der Waals surface area (Å²) in [5, 5.41) is 31.7. The minimum Gasteiger partial charge on any atom is -0.393 e. The van der Waals surface area contributed by atoms with Crippen molar-refractivity contribution in [2.45, 2.75) is 108 Å². The number of hydrogen-bond acceptors (Lipinski definition) is 5. The Morgan fingerprint density at radius 3 is 2.18 bits per heavy atom.